The fourth-order valence-corrected chi connectivity index (χ4v) is 6.52. The Kier molecular flexibility index (Phi) is 11.6. The lowest BCUT2D eigenvalue weighted by Crippen LogP contribution is -2.53. The first-order chi connectivity index (χ1) is 21.4. The summed E-state index contributed by atoms with van der Waals surface area (Å²) in [7, 11) is -4.14. The van der Waals surface area contributed by atoms with E-state index < -0.39 is 28.5 Å². The van der Waals surface area contributed by atoms with Crippen molar-refractivity contribution in [3.8, 4) is 0 Å². The van der Waals surface area contributed by atoms with Gasteiger partial charge in [0.2, 0.25) is 11.8 Å². The molecule has 4 rings (SSSR count). The maximum Gasteiger partial charge on any atom is 0.264 e. The Morgan fingerprint density at radius 2 is 1.36 bits per heavy atom. The summed E-state index contributed by atoms with van der Waals surface area (Å²) in [4.78, 5) is 29.9. The lowest BCUT2D eigenvalue weighted by molar-refractivity contribution is -0.140. The van der Waals surface area contributed by atoms with E-state index in [4.69, 9.17) is 0 Å². The van der Waals surface area contributed by atoms with E-state index in [0.29, 0.717) is 12.2 Å². The number of carbonyl (C=O) groups is 2. The zero-order valence-corrected chi connectivity index (χ0v) is 28.5. The van der Waals surface area contributed by atoms with Crippen LogP contribution in [0.1, 0.15) is 36.1 Å². The maximum absolute atomic E-state index is 14.5. The van der Waals surface area contributed by atoms with E-state index in [2.05, 4.69) is 21.2 Å². The molecule has 7 nitrogen and oxygen atoms in total. The van der Waals surface area contributed by atoms with Crippen molar-refractivity contribution in [2.45, 2.75) is 51.6 Å². The minimum absolute atomic E-state index is 0.0800. The van der Waals surface area contributed by atoms with Gasteiger partial charge in [-0.25, -0.2) is 8.42 Å². The monoisotopic (exact) mass is 689 g/mol. The highest BCUT2D eigenvalue weighted by Gasteiger charge is 2.34. The summed E-state index contributed by atoms with van der Waals surface area (Å²) >= 11 is 3.47. The van der Waals surface area contributed by atoms with E-state index in [0.717, 1.165) is 31.0 Å². The standard InChI is InChI=1S/C36H40BrN3O4S/c1-26(2)23-38-36(42)34(22-29-8-6-5-7-9-29)39(24-30-14-16-31(37)17-15-30)35(41)25-40(32-18-10-27(3)11-19-32)45(43,44)33-20-12-28(4)13-21-33/h5-21,26,34H,22-25H2,1-4H3,(H,38,42)/t34-/m0/s1. The first-order valence-electron chi connectivity index (χ1n) is 15.0. The van der Waals surface area contributed by atoms with E-state index in [1.807, 2.05) is 94.4 Å². The fraction of sp³-hybridized carbons (Fsp3) is 0.278. The lowest BCUT2D eigenvalue weighted by Gasteiger charge is -2.34. The molecule has 0 aliphatic carbocycles. The molecule has 0 saturated heterocycles. The number of halogens is 1. The molecule has 236 valence electrons. The fourth-order valence-electron chi connectivity index (χ4n) is 4.84. The number of hydrogen-bond acceptors (Lipinski definition) is 4. The summed E-state index contributed by atoms with van der Waals surface area (Å²) < 4.78 is 30.3. The van der Waals surface area contributed by atoms with Crippen LogP contribution in [0, 0.1) is 19.8 Å². The van der Waals surface area contributed by atoms with Crippen LogP contribution in [0.4, 0.5) is 5.69 Å². The maximum atomic E-state index is 14.5. The number of hydrogen-bond donors (Lipinski definition) is 1. The molecular weight excluding hydrogens is 650 g/mol. The molecule has 0 spiro atoms. The third kappa shape index (κ3) is 9.28. The van der Waals surface area contributed by atoms with Crippen molar-refractivity contribution < 1.29 is 18.0 Å². The smallest absolute Gasteiger partial charge is 0.264 e. The second kappa shape index (κ2) is 15.4. The summed E-state index contributed by atoms with van der Waals surface area (Å²) in [5.74, 6) is -0.574. The first kappa shape index (κ1) is 33.9. The molecule has 0 radical (unpaired) electrons. The number of aryl methyl sites for hydroxylation is 2. The van der Waals surface area contributed by atoms with Crippen LogP contribution in [0.2, 0.25) is 0 Å². The van der Waals surface area contributed by atoms with Crippen molar-refractivity contribution in [3.05, 3.63) is 130 Å². The van der Waals surface area contributed by atoms with Crippen LogP contribution in [-0.4, -0.2) is 44.3 Å². The molecule has 0 saturated carbocycles. The van der Waals surface area contributed by atoms with E-state index >= 15 is 0 Å². The normalized spacial score (nSPS) is 12.0. The number of anilines is 1. The minimum atomic E-state index is -4.14. The number of benzene rings is 4. The molecule has 4 aromatic carbocycles. The highest BCUT2D eigenvalue weighted by atomic mass is 79.9. The Labute approximate surface area is 275 Å². The predicted molar refractivity (Wildman–Crippen MR) is 183 cm³/mol. The molecule has 0 aliphatic heterocycles. The van der Waals surface area contributed by atoms with Crippen LogP contribution in [0.15, 0.2) is 112 Å². The van der Waals surface area contributed by atoms with Crippen molar-refractivity contribution in [3.63, 3.8) is 0 Å². The number of rotatable bonds is 13. The van der Waals surface area contributed by atoms with Gasteiger partial charge in [-0.3, -0.25) is 13.9 Å². The molecular formula is C36H40BrN3O4S. The van der Waals surface area contributed by atoms with Gasteiger partial charge in [0.1, 0.15) is 12.6 Å². The first-order valence-corrected chi connectivity index (χ1v) is 17.2. The number of carbonyl (C=O) groups excluding carboxylic acids is 2. The van der Waals surface area contributed by atoms with Crippen molar-refractivity contribution in [1.82, 2.24) is 10.2 Å². The quantitative estimate of drug-likeness (QED) is 0.170. The van der Waals surface area contributed by atoms with E-state index in [9.17, 15) is 18.0 Å². The van der Waals surface area contributed by atoms with Gasteiger partial charge < -0.3 is 10.2 Å². The molecule has 1 N–H and O–H groups in total. The van der Waals surface area contributed by atoms with Gasteiger partial charge in [-0.2, -0.15) is 0 Å². The van der Waals surface area contributed by atoms with Crippen LogP contribution < -0.4 is 9.62 Å². The average molecular weight is 691 g/mol. The number of nitrogens with zero attached hydrogens (tertiary/aromatic N) is 2. The summed E-state index contributed by atoms with van der Waals surface area (Å²) in [6.45, 7) is 7.89. The van der Waals surface area contributed by atoms with Crippen LogP contribution in [0.25, 0.3) is 0 Å². The van der Waals surface area contributed by atoms with E-state index in [1.54, 1.807) is 36.4 Å². The van der Waals surface area contributed by atoms with Crippen molar-refractivity contribution >= 4 is 43.5 Å². The molecule has 4 aromatic rings. The van der Waals surface area contributed by atoms with Crippen molar-refractivity contribution in [1.29, 1.82) is 0 Å². The molecule has 0 heterocycles. The molecule has 9 heteroatoms. The summed E-state index contributed by atoms with van der Waals surface area (Å²) in [6.07, 6.45) is 0.266. The van der Waals surface area contributed by atoms with Gasteiger partial charge >= 0.3 is 0 Å². The SMILES string of the molecule is Cc1ccc(N(CC(=O)N(Cc2ccc(Br)cc2)[C@@H](Cc2ccccc2)C(=O)NCC(C)C)S(=O)(=O)c2ccc(C)cc2)cc1. The third-order valence-corrected chi connectivity index (χ3v) is 9.75. The second-order valence-electron chi connectivity index (χ2n) is 11.7. The Bertz CT molecular complexity index is 1680. The Balaban J connectivity index is 1.79. The van der Waals surface area contributed by atoms with Gasteiger partial charge in [0.05, 0.1) is 10.6 Å². The zero-order chi connectivity index (χ0) is 32.6. The van der Waals surface area contributed by atoms with Crippen LogP contribution in [-0.2, 0) is 32.6 Å². The van der Waals surface area contributed by atoms with Crippen molar-refractivity contribution in [2.24, 2.45) is 5.92 Å². The summed E-state index contributed by atoms with van der Waals surface area (Å²) in [5.41, 5.74) is 3.94. The van der Waals surface area contributed by atoms with Gasteiger partial charge in [0.15, 0.2) is 0 Å². The van der Waals surface area contributed by atoms with Gasteiger partial charge in [-0.1, -0.05) is 108 Å². The van der Waals surface area contributed by atoms with Crippen LogP contribution in [0.3, 0.4) is 0 Å². The molecule has 0 fully saturated rings. The Morgan fingerprint density at radius 3 is 1.93 bits per heavy atom. The van der Waals surface area contributed by atoms with Gasteiger partial charge in [-0.05, 0) is 67.3 Å². The number of amides is 2. The highest BCUT2D eigenvalue weighted by Crippen LogP contribution is 2.26. The second-order valence-corrected chi connectivity index (χ2v) is 14.4. The predicted octanol–water partition coefficient (Wildman–Crippen LogP) is 6.67. The summed E-state index contributed by atoms with van der Waals surface area (Å²) in [5, 5.41) is 3.01. The molecule has 0 aliphatic rings. The van der Waals surface area contributed by atoms with E-state index in [-0.39, 0.29) is 29.7 Å². The molecule has 2 amide bonds. The van der Waals surface area contributed by atoms with E-state index in [1.165, 1.54) is 4.90 Å². The molecule has 0 unspecified atom stereocenters. The van der Waals surface area contributed by atoms with Crippen molar-refractivity contribution in [2.75, 3.05) is 17.4 Å². The topological polar surface area (TPSA) is 86.8 Å². The molecule has 1 atom stereocenters. The largest absolute Gasteiger partial charge is 0.354 e. The molecule has 45 heavy (non-hydrogen) atoms. The number of sulfonamides is 1. The molecule has 0 aromatic heterocycles. The number of nitrogens with one attached hydrogen (secondary N) is 1. The Morgan fingerprint density at radius 1 is 0.778 bits per heavy atom. The summed E-state index contributed by atoms with van der Waals surface area (Å²) in [6, 6.07) is 29.8. The zero-order valence-electron chi connectivity index (χ0n) is 26.1. The molecule has 0 bridgehead atoms. The van der Waals surface area contributed by atoms with Crippen LogP contribution >= 0.6 is 15.9 Å². The highest BCUT2D eigenvalue weighted by molar-refractivity contribution is 9.10. The van der Waals surface area contributed by atoms with Gasteiger partial charge in [0.25, 0.3) is 10.0 Å². The van der Waals surface area contributed by atoms with Gasteiger partial charge in [0, 0.05) is 24.0 Å². The average Bonchev–Trinajstić information content (AvgIpc) is 3.02. The minimum Gasteiger partial charge on any atom is -0.354 e. The Hall–Kier alpha value is -3.95. The third-order valence-electron chi connectivity index (χ3n) is 7.43. The lowest BCUT2D eigenvalue weighted by atomic mass is 10.0. The van der Waals surface area contributed by atoms with Gasteiger partial charge in [-0.15, -0.1) is 0 Å². The van der Waals surface area contributed by atoms with Crippen LogP contribution in [0.5, 0.6) is 0 Å².